The van der Waals surface area contributed by atoms with Crippen molar-refractivity contribution in [3.8, 4) is 0 Å². The highest BCUT2D eigenvalue weighted by Gasteiger charge is 2.12. The van der Waals surface area contributed by atoms with Crippen LogP contribution in [0.2, 0.25) is 0 Å². The molecule has 0 saturated carbocycles. The molecule has 0 spiro atoms. The summed E-state index contributed by atoms with van der Waals surface area (Å²) in [5.74, 6) is 0.382. The average Bonchev–Trinajstić information content (AvgIpc) is 2.29. The van der Waals surface area contributed by atoms with E-state index in [-0.39, 0.29) is 5.91 Å². The van der Waals surface area contributed by atoms with Crippen LogP contribution in [0.3, 0.4) is 0 Å². The zero-order valence-electron chi connectivity index (χ0n) is 9.55. The van der Waals surface area contributed by atoms with Gasteiger partial charge in [-0.3, -0.25) is 4.79 Å². The maximum absolute atomic E-state index is 11.7. The number of rotatable bonds is 5. The van der Waals surface area contributed by atoms with Crippen LogP contribution >= 0.6 is 11.8 Å². The first kappa shape index (κ1) is 12.8. The number of carbonyl (C=O) groups excluding carboxylic acids is 1. The first-order valence-electron chi connectivity index (χ1n) is 5.27. The molecular formula is C11H16N2O2S. The van der Waals surface area contributed by atoms with Crippen molar-refractivity contribution >= 4 is 17.7 Å². The highest BCUT2D eigenvalue weighted by atomic mass is 32.2. The third-order valence-corrected chi connectivity index (χ3v) is 3.25. The lowest BCUT2D eigenvalue weighted by atomic mass is 10.5. The fraction of sp³-hybridized carbons (Fsp3) is 0.455. The van der Waals surface area contributed by atoms with Gasteiger partial charge in [-0.05, 0) is 31.7 Å². The van der Waals surface area contributed by atoms with E-state index in [1.54, 1.807) is 23.1 Å². The molecule has 0 N–H and O–H groups in total. The molecule has 88 valence electrons. The summed E-state index contributed by atoms with van der Waals surface area (Å²) in [6.07, 6.45) is 1.43. The maximum atomic E-state index is 11.7. The van der Waals surface area contributed by atoms with Gasteiger partial charge in [0, 0.05) is 25.2 Å². The van der Waals surface area contributed by atoms with Gasteiger partial charge in [0.15, 0.2) is 6.20 Å². The standard InChI is InChI=1S/C11H16N2O2S/c1-3-12(4-2)10(14)9-16-11-7-5-6-8-13(11)15/h5-8H,3-4,9H2,1-2H3. The molecule has 4 nitrogen and oxygen atoms in total. The second-order valence-electron chi connectivity index (χ2n) is 3.22. The first-order chi connectivity index (χ1) is 7.69. The van der Waals surface area contributed by atoms with E-state index in [4.69, 9.17) is 0 Å². The van der Waals surface area contributed by atoms with Crippen molar-refractivity contribution in [3.63, 3.8) is 0 Å². The van der Waals surface area contributed by atoms with Crippen molar-refractivity contribution in [1.82, 2.24) is 4.90 Å². The van der Waals surface area contributed by atoms with Crippen molar-refractivity contribution in [2.24, 2.45) is 0 Å². The molecule has 5 heteroatoms. The molecule has 0 fully saturated rings. The number of carbonyl (C=O) groups is 1. The molecule has 0 saturated heterocycles. The first-order valence-corrected chi connectivity index (χ1v) is 6.26. The van der Waals surface area contributed by atoms with Crippen molar-refractivity contribution in [1.29, 1.82) is 0 Å². The molecule has 16 heavy (non-hydrogen) atoms. The van der Waals surface area contributed by atoms with E-state index in [1.807, 2.05) is 13.8 Å². The SMILES string of the molecule is CCN(CC)C(=O)CSc1cccc[n+]1[O-]. The largest absolute Gasteiger partial charge is 0.618 e. The van der Waals surface area contributed by atoms with Gasteiger partial charge in [0.25, 0.3) is 5.03 Å². The molecule has 0 atom stereocenters. The van der Waals surface area contributed by atoms with E-state index in [0.29, 0.717) is 23.9 Å². The molecule has 0 aromatic carbocycles. The highest BCUT2D eigenvalue weighted by Crippen LogP contribution is 2.13. The van der Waals surface area contributed by atoms with Crippen LogP contribution in [0.4, 0.5) is 0 Å². The maximum Gasteiger partial charge on any atom is 0.251 e. The Morgan fingerprint density at radius 1 is 1.44 bits per heavy atom. The fourth-order valence-electron chi connectivity index (χ4n) is 1.33. The second kappa shape index (κ2) is 6.37. The number of nitrogens with zero attached hydrogens (tertiary/aromatic N) is 2. The molecule has 0 unspecified atom stereocenters. The Balaban J connectivity index is 2.52. The molecule has 1 rings (SSSR count). The Bertz CT molecular complexity index is 354. The quantitative estimate of drug-likeness (QED) is 0.442. The normalized spacial score (nSPS) is 10.1. The Morgan fingerprint density at radius 2 is 2.12 bits per heavy atom. The van der Waals surface area contributed by atoms with Gasteiger partial charge < -0.3 is 10.1 Å². The van der Waals surface area contributed by atoms with Crippen molar-refractivity contribution < 1.29 is 9.52 Å². The van der Waals surface area contributed by atoms with E-state index in [2.05, 4.69) is 0 Å². The summed E-state index contributed by atoms with van der Waals surface area (Å²) in [5.41, 5.74) is 0. The van der Waals surface area contributed by atoms with E-state index < -0.39 is 0 Å². The highest BCUT2D eigenvalue weighted by molar-refractivity contribution is 7.99. The number of amides is 1. The Morgan fingerprint density at radius 3 is 2.69 bits per heavy atom. The van der Waals surface area contributed by atoms with Gasteiger partial charge in [0.05, 0.1) is 5.75 Å². The lowest BCUT2D eigenvalue weighted by molar-refractivity contribution is -0.645. The van der Waals surface area contributed by atoms with Gasteiger partial charge in [0.1, 0.15) is 0 Å². The smallest absolute Gasteiger partial charge is 0.251 e. The molecule has 1 amide bonds. The molecule has 1 aromatic rings. The molecule has 0 aliphatic carbocycles. The van der Waals surface area contributed by atoms with Crippen LogP contribution in [-0.4, -0.2) is 29.6 Å². The van der Waals surface area contributed by atoms with Crippen LogP contribution in [0.15, 0.2) is 29.4 Å². The van der Waals surface area contributed by atoms with E-state index in [0.717, 1.165) is 4.73 Å². The Labute approximate surface area is 99.8 Å². The third-order valence-electron chi connectivity index (χ3n) is 2.25. The van der Waals surface area contributed by atoms with Crippen molar-refractivity contribution in [2.75, 3.05) is 18.8 Å². The zero-order chi connectivity index (χ0) is 12.0. The number of aromatic nitrogens is 1. The van der Waals surface area contributed by atoms with Crippen LogP contribution in [0.5, 0.6) is 0 Å². The van der Waals surface area contributed by atoms with Crippen LogP contribution in [0, 0.1) is 5.21 Å². The van der Waals surface area contributed by atoms with Crippen LogP contribution < -0.4 is 4.73 Å². The number of pyridine rings is 1. The summed E-state index contributed by atoms with van der Waals surface area (Å²) in [6.45, 7) is 5.31. The zero-order valence-corrected chi connectivity index (χ0v) is 10.4. The molecule has 0 bridgehead atoms. The number of hydrogen-bond acceptors (Lipinski definition) is 3. The summed E-state index contributed by atoms with van der Waals surface area (Å²) in [4.78, 5) is 13.4. The number of thioether (sulfide) groups is 1. The van der Waals surface area contributed by atoms with Gasteiger partial charge in [0.2, 0.25) is 5.91 Å². The Kier molecular flexibility index (Phi) is 5.11. The minimum atomic E-state index is 0.0684. The van der Waals surface area contributed by atoms with Crippen molar-refractivity contribution in [3.05, 3.63) is 29.6 Å². The fourth-order valence-corrected chi connectivity index (χ4v) is 2.14. The van der Waals surface area contributed by atoms with E-state index in [9.17, 15) is 10.0 Å². The molecule has 0 radical (unpaired) electrons. The van der Waals surface area contributed by atoms with Crippen LogP contribution in [0.1, 0.15) is 13.8 Å². The summed E-state index contributed by atoms with van der Waals surface area (Å²) in [7, 11) is 0. The Hall–Kier alpha value is -1.23. The van der Waals surface area contributed by atoms with Gasteiger partial charge in [-0.2, -0.15) is 4.73 Å². The minimum Gasteiger partial charge on any atom is -0.618 e. The van der Waals surface area contributed by atoms with Crippen molar-refractivity contribution in [2.45, 2.75) is 18.9 Å². The van der Waals surface area contributed by atoms with E-state index in [1.165, 1.54) is 18.0 Å². The van der Waals surface area contributed by atoms with E-state index >= 15 is 0 Å². The monoisotopic (exact) mass is 240 g/mol. The average molecular weight is 240 g/mol. The van der Waals surface area contributed by atoms with Crippen LogP contribution in [-0.2, 0) is 4.79 Å². The summed E-state index contributed by atoms with van der Waals surface area (Å²) in [5, 5.41) is 11.9. The summed E-state index contributed by atoms with van der Waals surface area (Å²) < 4.78 is 0.778. The predicted octanol–water partition coefficient (Wildman–Crippen LogP) is 1.28. The second-order valence-corrected chi connectivity index (χ2v) is 4.22. The van der Waals surface area contributed by atoms with Gasteiger partial charge >= 0.3 is 0 Å². The lowest BCUT2D eigenvalue weighted by Gasteiger charge is -2.17. The van der Waals surface area contributed by atoms with Gasteiger partial charge in [-0.25, -0.2) is 0 Å². The molecule has 1 heterocycles. The topological polar surface area (TPSA) is 47.2 Å². The predicted molar refractivity (Wildman–Crippen MR) is 64.1 cm³/mol. The molecule has 0 aliphatic heterocycles. The van der Waals surface area contributed by atoms with Gasteiger partial charge in [-0.1, -0.05) is 0 Å². The minimum absolute atomic E-state index is 0.0684. The number of hydrogen-bond donors (Lipinski definition) is 0. The lowest BCUT2D eigenvalue weighted by Crippen LogP contribution is -2.33. The van der Waals surface area contributed by atoms with Crippen LogP contribution in [0.25, 0.3) is 0 Å². The third kappa shape index (κ3) is 3.41. The molecular weight excluding hydrogens is 224 g/mol. The van der Waals surface area contributed by atoms with Gasteiger partial charge in [-0.15, -0.1) is 0 Å². The molecule has 0 aliphatic rings. The summed E-state index contributed by atoms with van der Waals surface area (Å²) >= 11 is 1.27. The molecule has 1 aromatic heterocycles. The summed E-state index contributed by atoms with van der Waals surface area (Å²) in [6, 6.07) is 5.18.